The Bertz CT molecular complexity index is 655. The molecule has 1 fully saturated rings. The summed E-state index contributed by atoms with van der Waals surface area (Å²) in [6.45, 7) is 0.204. The fourth-order valence-electron chi connectivity index (χ4n) is 3.08. The van der Waals surface area contributed by atoms with Crippen LogP contribution >= 0.6 is 0 Å². The van der Waals surface area contributed by atoms with Gasteiger partial charge in [-0.15, -0.1) is 0 Å². The van der Waals surface area contributed by atoms with Crippen LogP contribution in [0.25, 0.3) is 0 Å². The maximum Gasteiger partial charge on any atom is 0.333 e. The van der Waals surface area contributed by atoms with E-state index >= 15 is 0 Å². The standard InChI is InChI=1S/C13H18N4O4/c18-8-14-7-6-10(9-4-2-1-3-5-9)17-12(20)15-11(19)16-13(17)21/h9-10H,1-7H2,(H2,15,16,19,20,21). The third-order valence-corrected chi connectivity index (χ3v) is 4.01. The van der Waals surface area contributed by atoms with Crippen LogP contribution in [-0.2, 0) is 4.79 Å². The molecule has 0 radical (unpaired) electrons. The van der Waals surface area contributed by atoms with Gasteiger partial charge in [-0.25, -0.2) is 28.7 Å². The Kier molecular flexibility index (Phi) is 5.05. The minimum atomic E-state index is -0.811. The predicted molar refractivity (Wildman–Crippen MR) is 75.2 cm³/mol. The Morgan fingerprint density at radius 2 is 1.76 bits per heavy atom. The molecule has 1 unspecified atom stereocenters. The zero-order chi connectivity index (χ0) is 15.2. The second-order valence-corrected chi connectivity index (χ2v) is 5.29. The van der Waals surface area contributed by atoms with Gasteiger partial charge in [0, 0.05) is 6.04 Å². The first-order chi connectivity index (χ1) is 10.1. The van der Waals surface area contributed by atoms with Gasteiger partial charge in [0.05, 0.1) is 6.54 Å². The second kappa shape index (κ2) is 6.99. The number of rotatable bonds is 5. The Morgan fingerprint density at radius 3 is 2.33 bits per heavy atom. The summed E-state index contributed by atoms with van der Waals surface area (Å²) in [6.07, 6.45) is 6.94. The molecule has 0 aromatic carbocycles. The molecule has 2 N–H and O–H groups in total. The summed E-state index contributed by atoms with van der Waals surface area (Å²) in [7, 11) is 0. The predicted octanol–water partition coefficient (Wildman–Crippen LogP) is 0.0722. The normalized spacial score (nSPS) is 17.1. The largest absolute Gasteiger partial charge is 0.333 e. The van der Waals surface area contributed by atoms with Gasteiger partial charge in [-0.2, -0.15) is 0 Å². The SMILES string of the molecule is O=C=NCCC(C1CCCCC1)n1c(=O)[nH]c(=O)[nH]c1=O. The molecule has 1 atom stereocenters. The second-order valence-electron chi connectivity index (χ2n) is 5.29. The number of aliphatic imine (C=N–C) groups is 1. The molecule has 0 bridgehead atoms. The highest BCUT2D eigenvalue weighted by Gasteiger charge is 2.27. The van der Waals surface area contributed by atoms with Crippen LogP contribution in [0.4, 0.5) is 0 Å². The third kappa shape index (κ3) is 3.66. The lowest BCUT2D eigenvalue weighted by Gasteiger charge is -2.30. The average molecular weight is 294 g/mol. The molecule has 21 heavy (non-hydrogen) atoms. The van der Waals surface area contributed by atoms with Crippen molar-refractivity contribution in [1.29, 1.82) is 0 Å². The highest BCUT2D eigenvalue weighted by Crippen LogP contribution is 2.33. The summed E-state index contributed by atoms with van der Waals surface area (Å²) in [6, 6.07) is -0.365. The van der Waals surface area contributed by atoms with Gasteiger partial charge in [-0.05, 0) is 25.2 Å². The molecule has 8 nitrogen and oxygen atoms in total. The van der Waals surface area contributed by atoms with Crippen LogP contribution in [0.1, 0.15) is 44.6 Å². The Hall–Kier alpha value is -2.21. The van der Waals surface area contributed by atoms with Crippen molar-refractivity contribution in [1.82, 2.24) is 14.5 Å². The van der Waals surface area contributed by atoms with Crippen molar-refractivity contribution in [3.8, 4) is 0 Å². The van der Waals surface area contributed by atoms with Crippen molar-refractivity contribution in [2.75, 3.05) is 6.54 Å². The molecular weight excluding hydrogens is 276 g/mol. The van der Waals surface area contributed by atoms with Gasteiger partial charge in [-0.3, -0.25) is 9.97 Å². The first kappa shape index (κ1) is 15.2. The Morgan fingerprint density at radius 1 is 1.14 bits per heavy atom. The van der Waals surface area contributed by atoms with Crippen molar-refractivity contribution in [3.63, 3.8) is 0 Å². The molecule has 114 valence electrons. The van der Waals surface area contributed by atoms with Crippen LogP contribution in [0.3, 0.4) is 0 Å². The van der Waals surface area contributed by atoms with Gasteiger partial charge >= 0.3 is 17.1 Å². The fourth-order valence-corrected chi connectivity index (χ4v) is 3.08. The zero-order valence-electron chi connectivity index (χ0n) is 11.6. The van der Waals surface area contributed by atoms with Gasteiger partial charge < -0.3 is 0 Å². The molecule has 1 aromatic rings. The third-order valence-electron chi connectivity index (χ3n) is 4.01. The van der Waals surface area contributed by atoms with Crippen LogP contribution in [0.5, 0.6) is 0 Å². The summed E-state index contributed by atoms with van der Waals surface area (Å²) in [5, 5.41) is 0. The lowest BCUT2D eigenvalue weighted by molar-refractivity contribution is 0.227. The number of aromatic amines is 2. The summed E-state index contributed by atoms with van der Waals surface area (Å²) >= 11 is 0. The van der Waals surface area contributed by atoms with Crippen molar-refractivity contribution in [2.24, 2.45) is 10.9 Å². The highest BCUT2D eigenvalue weighted by atomic mass is 16.2. The van der Waals surface area contributed by atoms with E-state index in [2.05, 4.69) is 15.0 Å². The number of nitrogens with zero attached hydrogens (tertiary/aromatic N) is 2. The van der Waals surface area contributed by atoms with Crippen LogP contribution in [0, 0.1) is 5.92 Å². The molecule has 1 saturated carbocycles. The van der Waals surface area contributed by atoms with Crippen LogP contribution in [-0.4, -0.2) is 27.2 Å². The molecular formula is C13H18N4O4. The number of hydrogen-bond acceptors (Lipinski definition) is 5. The minimum absolute atomic E-state index is 0.172. The Balaban J connectivity index is 2.38. The molecule has 1 aliphatic carbocycles. The first-order valence-corrected chi connectivity index (χ1v) is 7.12. The van der Waals surface area contributed by atoms with Gasteiger partial charge in [0.25, 0.3) is 0 Å². The Labute approximate surface area is 119 Å². The van der Waals surface area contributed by atoms with Gasteiger partial charge in [-0.1, -0.05) is 19.3 Å². The number of aromatic nitrogens is 3. The van der Waals surface area contributed by atoms with E-state index in [0.717, 1.165) is 36.7 Å². The van der Waals surface area contributed by atoms with Gasteiger partial charge in [0.15, 0.2) is 0 Å². The van der Waals surface area contributed by atoms with Gasteiger partial charge in [0.1, 0.15) is 0 Å². The molecule has 1 aromatic heterocycles. The smallest absolute Gasteiger partial charge is 0.259 e. The van der Waals surface area contributed by atoms with E-state index < -0.39 is 17.1 Å². The number of hydrogen-bond donors (Lipinski definition) is 2. The molecule has 2 rings (SSSR count). The van der Waals surface area contributed by atoms with E-state index in [4.69, 9.17) is 0 Å². The molecule has 8 heteroatoms. The maximum absolute atomic E-state index is 12.0. The lowest BCUT2D eigenvalue weighted by Crippen LogP contribution is -2.47. The first-order valence-electron chi connectivity index (χ1n) is 7.12. The number of H-pyrrole nitrogens is 2. The highest BCUT2D eigenvalue weighted by molar-refractivity contribution is 5.32. The number of isocyanates is 1. The molecule has 1 aliphatic rings. The average Bonchev–Trinajstić information content (AvgIpc) is 2.45. The monoisotopic (exact) mass is 294 g/mol. The van der Waals surface area contributed by atoms with Crippen LogP contribution in [0.2, 0.25) is 0 Å². The van der Waals surface area contributed by atoms with Crippen molar-refractivity contribution < 1.29 is 4.79 Å². The molecule has 1 heterocycles. The number of nitrogens with one attached hydrogen (secondary N) is 2. The van der Waals surface area contributed by atoms with E-state index in [-0.39, 0.29) is 18.5 Å². The van der Waals surface area contributed by atoms with Gasteiger partial charge in [0.2, 0.25) is 6.08 Å². The van der Waals surface area contributed by atoms with E-state index in [1.165, 1.54) is 6.08 Å². The summed E-state index contributed by atoms with van der Waals surface area (Å²) in [4.78, 5) is 52.9. The quantitative estimate of drug-likeness (QED) is 0.590. The molecule has 0 saturated heterocycles. The van der Waals surface area contributed by atoms with E-state index in [0.29, 0.717) is 6.42 Å². The van der Waals surface area contributed by atoms with Crippen molar-refractivity contribution in [3.05, 3.63) is 31.5 Å². The topological polar surface area (TPSA) is 117 Å². The number of carbonyl (C=O) groups excluding carboxylic acids is 1. The molecule has 0 spiro atoms. The maximum atomic E-state index is 12.0. The fraction of sp³-hybridized carbons (Fsp3) is 0.692. The summed E-state index contributed by atoms with van der Waals surface area (Å²) in [5.74, 6) is 0.172. The molecule has 0 aliphatic heterocycles. The minimum Gasteiger partial charge on any atom is -0.259 e. The van der Waals surface area contributed by atoms with E-state index in [9.17, 15) is 19.2 Å². The summed E-state index contributed by atoms with van der Waals surface area (Å²) in [5.41, 5.74) is -2.24. The molecule has 0 amide bonds. The van der Waals surface area contributed by atoms with Crippen molar-refractivity contribution >= 4 is 6.08 Å². The van der Waals surface area contributed by atoms with Crippen molar-refractivity contribution in [2.45, 2.75) is 44.6 Å². The van der Waals surface area contributed by atoms with Crippen LogP contribution < -0.4 is 17.1 Å². The van der Waals surface area contributed by atoms with Crippen LogP contribution in [0.15, 0.2) is 19.4 Å². The lowest BCUT2D eigenvalue weighted by atomic mass is 9.82. The summed E-state index contributed by atoms with van der Waals surface area (Å²) < 4.78 is 1.05. The van der Waals surface area contributed by atoms with E-state index in [1.807, 2.05) is 0 Å². The van der Waals surface area contributed by atoms with E-state index in [1.54, 1.807) is 0 Å². The zero-order valence-corrected chi connectivity index (χ0v) is 11.6.